The van der Waals surface area contributed by atoms with Crippen molar-refractivity contribution in [3.63, 3.8) is 0 Å². The summed E-state index contributed by atoms with van der Waals surface area (Å²) in [5, 5.41) is 12.5. The van der Waals surface area contributed by atoms with E-state index in [0.29, 0.717) is 62.0 Å². The fourth-order valence-electron chi connectivity index (χ4n) is 7.34. The van der Waals surface area contributed by atoms with Gasteiger partial charge in [-0.1, -0.05) is 24.6 Å². The number of carbonyl (C=O) groups is 1. The van der Waals surface area contributed by atoms with Gasteiger partial charge in [0.25, 0.3) is 0 Å². The van der Waals surface area contributed by atoms with Crippen LogP contribution in [0, 0.1) is 30.3 Å². The summed E-state index contributed by atoms with van der Waals surface area (Å²) in [5.41, 5.74) is 1.48. The monoisotopic (exact) mass is 645 g/mol. The van der Waals surface area contributed by atoms with Crippen LogP contribution >= 0.6 is 11.6 Å². The highest BCUT2D eigenvalue weighted by molar-refractivity contribution is 6.31. The van der Waals surface area contributed by atoms with Gasteiger partial charge in [0.15, 0.2) is 23.3 Å². The lowest BCUT2D eigenvalue weighted by atomic mass is 9.77. The van der Waals surface area contributed by atoms with Gasteiger partial charge in [-0.3, -0.25) is 14.7 Å². The van der Waals surface area contributed by atoms with Crippen LogP contribution in [0.25, 0.3) is 0 Å². The molecule has 1 spiro atoms. The van der Waals surface area contributed by atoms with E-state index in [1.165, 1.54) is 6.07 Å². The Morgan fingerprint density at radius 1 is 1.11 bits per heavy atom. The number of benzene rings is 1. The van der Waals surface area contributed by atoms with Crippen molar-refractivity contribution in [3.8, 4) is 0 Å². The van der Waals surface area contributed by atoms with E-state index in [-0.39, 0.29) is 29.0 Å². The van der Waals surface area contributed by atoms with E-state index in [1.54, 1.807) is 11.7 Å². The van der Waals surface area contributed by atoms with Crippen molar-refractivity contribution in [1.29, 1.82) is 0 Å². The van der Waals surface area contributed by atoms with Crippen molar-refractivity contribution in [3.05, 3.63) is 69.0 Å². The van der Waals surface area contributed by atoms with Gasteiger partial charge in [-0.2, -0.15) is 0 Å². The summed E-state index contributed by atoms with van der Waals surface area (Å²) in [7, 11) is 1.79. The molecule has 0 saturated carbocycles. The summed E-state index contributed by atoms with van der Waals surface area (Å²) in [4.78, 5) is 23.1. The van der Waals surface area contributed by atoms with Gasteiger partial charge in [0.2, 0.25) is 5.91 Å². The standard InChI is InChI=1S/C32H39ClF3N7O2/c1-17(29-38-39-40-41(29)6)27-21-15-23(33)18(2)37-28(21)32(45-27)10-13-42(14-11-32)30(44)20-9-12-43(31(3,4)5)16-22(20)19-7-8-24(34)26(36)25(19)35/h7-8,15,17,20,22,27H,9-14,16H2,1-6H3/t17?,20-,22+,27+/m1/s1. The highest BCUT2D eigenvalue weighted by Crippen LogP contribution is 2.53. The molecule has 0 N–H and O–H groups in total. The van der Waals surface area contributed by atoms with E-state index in [2.05, 4.69) is 41.2 Å². The molecular weight excluding hydrogens is 607 g/mol. The van der Waals surface area contributed by atoms with Crippen molar-refractivity contribution in [2.24, 2.45) is 13.0 Å². The maximum atomic E-state index is 15.2. The average molecular weight is 646 g/mol. The lowest BCUT2D eigenvalue weighted by Crippen LogP contribution is -2.54. The van der Waals surface area contributed by atoms with Crippen LogP contribution in [0.5, 0.6) is 0 Å². The van der Waals surface area contributed by atoms with E-state index in [9.17, 15) is 13.6 Å². The second kappa shape index (κ2) is 11.6. The Balaban J connectivity index is 1.26. The van der Waals surface area contributed by atoms with Crippen LogP contribution in [0.1, 0.15) is 93.2 Å². The molecule has 242 valence electrons. The Morgan fingerprint density at radius 3 is 2.47 bits per heavy atom. The molecule has 0 bridgehead atoms. The number of rotatable bonds is 4. The number of ether oxygens (including phenoxy) is 1. The Labute approximate surface area is 266 Å². The fourth-order valence-corrected chi connectivity index (χ4v) is 7.50. The largest absolute Gasteiger partial charge is 0.360 e. The van der Waals surface area contributed by atoms with Crippen LogP contribution in [0.3, 0.4) is 0 Å². The van der Waals surface area contributed by atoms with Crippen molar-refractivity contribution in [1.82, 2.24) is 35.0 Å². The zero-order chi connectivity index (χ0) is 32.4. The lowest BCUT2D eigenvalue weighted by molar-refractivity contribution is -0.150. The fraction of sp³-hybridized carbons (Fsp3) is 0.594. The van der Waals surface area contributed by atoms with E-state index in [4.69, 9.17) is 21.3 Å². The number of likely N-dealkylation sites (tertiary alicyclic amines) is 2. The molecule has 45 heavy (non-hydrogen) atoms. The molecule has 0 aliphatic carbocycles. The highest BCUT2D eigenvalue weighted by atomic mass is 35.5. The summed E-state index contributed by atoms with van der Waals surface area (Å²) in [6, 6.07) is 4.15. The number of fused-ring (bicyclic) bond motifs is 2. The summed E-state index contributed by atoms with van der Waals surface area (Å²) in [5.74, 6) is -4.81. The molecule has 6 rings (SSSR count). The maximum Gasteiger partial charge on any atom is 0.226 e. The first-order valence-corrected chi connectivity index (χ1v) is 15.8. The number of halogens is 4. The van der Waals surface area contributed by atoms with Crippen molar-refractivity contribution < 1.29 is 22.7 Å². The number of carbonyl (C=O) groups excluding carboxylic acids is 1. The first-order valence-electron chi connectivity index (χ1n) is 15.5. The smallest absolute Gasteiger partial charge is 0.226 e. The normalized spacial score (nSPS) is 24.2. The van der Waals surface area contributed by atoms with Crippen LogP contribution in [0.4, 0.5) is 13.2 Å². The number of piperidine rings is 2. The Hall–Kier alpha value is -3.09. The van der Waals surface area contributed by atoms with Gasteiger partial charge < -0.3 is 9.64 Å². The molecule has 3 aliphatic heterocycles. The van der Waals surface area contributed by atoms with Crippen LogP contribution in [0.2, 0.25) is 5.02 Å². The van der Waals surface area contributed by atoms with E-state index < -0.39 is 34.9 Å². The molecule has 2 aromatic heterocycles. The summed E-state index contributed by atoms with van der Waals surface area (Å²) >= 11 is 6.54. The quantitative estimate of drug-likeness (QED) is 0.342. The number of aromatic nitrogens is 5. The van der Waals surface area contributed by atoms with Crippen molar-refractivity contribution >= 4 is 17.5 Å². The summed E-state index contributed by atoms with van der Waals surface area (Å²) in [6.07, 6.45) is 1.10. The number of amides is 1. The van der Waals surface area contributed by atoms with Gasteiger partial charge in [-0.15, -0.1) is 5.10 Å². The molecule has 5 heterocycles. The van der Waals surface area contributed by atoms with E-state index >= 15 is 4.39 Å². The maximum absolute atomic E-state index is 15.2. The molecule has 13 heteroatoms. The number of nitrogens with zero attached hydrogens (tertiary/aromatic N) is 7. The summed E-state index contributed by atoms with van der Waals surface area (Å²) < 4.78 is 51.9. The van der Waals surface area contributed by atoms with Gasteiger partial charge >= 0.3 is 0 Å². The number of tetrazole rings is 1. The molecule has 3 aliphatic rings. The van der Waals surface area contributed by atoms with Crippen LogP contribution in [-0.2, 0) is 22.2 Å². The number of hydrogen-bond acceptors (Lipinski definition) is 7. The zero-order valence-corrected chi connectivity index (χ0v) is 27.2. The first kappa shape index (κ1) is 31.9. The molecule has 2 saturated heterocycles. The zero-order valence-electron chi connectivity index (χ0n) is 26.5. The van der Waals surface area contributed by atoms with E-state index in [0.717, 1.165) is 17.3 Å². The van der Waals surface area contributed by atoms with Crippen molar-refractivity contribution in [2.75, 3.05) is 26.2 Å². The van der Waals surface area contributed by atoms with Crippen LogP contribution < -0.4 is 0 Å². The van der Waals surface area contributed by atoms with Gasteiger partial charge in [0.1, 0.15) is 5.60 Å². The average Bonchev–Trinajstić information content (AvgIpc) is 3.56. The SMILES string of the molecule is Cc1nc2c(cc1Cl)[C@H](C(C)c1nnnn1C)OC21CCN(C(=O)[C@@H]2CCN(C(C)(C)C)C[C@H]2c2ccc(F)c(F)c2F)CC1. The third kappa shape index (κ3) is 5.52. The molecule has 1 unspecified atom stereocenters. The van der Waals surface area contributed by atoms with Gasteiger partial charge in [0, 0.05) is 55.5 Å². The molecule has 9 nitrogen and oxygen atoms in total. The Morgan fingerprint density at radius 2 is 1.82 bits per heavy atom. The topological polar surface area (TPSA) is 89.3 Å². The summed E-state index contributed by atoms with van der Waals surface area (Å²) in [6.45, 7) is 11.8. The second-order valence-corrected chi connectivity index (χ2v) is 14.1. The van der Waals surface area contributed by atoms with Crippen LogP contribution in [-0.4, -0.2) is 72.6 Å². The van der Waals surface area contributed by atoms with Gasteiger partial charge in [0.05, 0.1) is 22.5 Å². The third-order valence-electron chi connectivity index (χ3n) is 10.0. The lowest BCUT2D eigenvalue weighted by Gasteiger charge is -2.47. The molecule has 3 aromatic rings. The molecule has 1 amide bonds. The minimum absolute atomic E-state index is 0.0365. The molecule has 0 radical (unpaired) electrons. The minimum Gasteiger partial charge on any atom is -0.360 e. The predicted octanol–water partition coefficient (Wildman–Crippen LogP) is 5.58. The van der Waals surface area contributed by atoms with Crippen LogP contribution in [0.15, 0.2) is 18.2 Å². The number of hydrogen-bond donors (Lipinski definition) is 0. The molecule has 4 atom stereocenters. The highest BCUT2D eigenvalue weighted by Gasteiger charge is 2.52. The molecular formula is C32H39ClF3N7O2. The number of aryl methyl sites for hydroxylation is 2. The predicted molar refractivity (Wildman–Crippen MR) is 161 cm³/mol. The Kier molecular flexibility index (Phi) is 8.23. The first-order chi connectivity index (χ1) is 21.2. The minimum atomic E-state index is -1.51. The van der Waals surface area contributed by atoms with E-state index in [1.807, 2.05) is 24.8 Å². The third-order valence-corrected chi connectivity index (χ3v) is 10.4. The Bertz CT molecular complexity index is 1620. The second-order valence-electron chi connectivity index (χ2n) is 13.7. The number of pyridine rings is 1. The molecule has 2 fully saturated rings. The van der Waals surface area contributed by atoms with Gasteiger partial charge in [-0.05, 0) is 81.6 Å². The molecule has 1 aromatic carbocycles. The van der Waals surface area contributed by atoms with Gasteiger partial charge in [-0.25, -0.2) is 17.9 Å². The van der Waals surface area contributed by atoms with Crippen molar-refractivity contribution in [2.45, 2.75) is 83.0 Å².